The predicted octanol–water partition coefficient (Wildman–Crippen LogP) is 2.39. The van der Waals surface area contributed by atoms with E-state index in [-0.39, 0.29) is 24.3 Å². The van der Waals surface area contributed by atoms with E-state index in [0.717, 1.165) is 11.5 Å². The molecular formula is C23H23N3O5S. The Morgan fingerprint density at radius 2 is 1.78 bits per heavy atom. The SMILES string of the molecule is COc1ccc2c(c1OC)C(=O)N1c3ccccc3C(=O)N(CC(=O)N3CCSCC3)[C@@H]21. The minimum atomic E-state index is -0.720. The number of thioether (sulfide) groups is 1. The summed E-state index contributed by atoms with van der Waals surface area (Å²) in [5, 5.41) is 0. The molecule has 5 rings (SSSR count). The number of methoxy groups -OCH3 is 2. The number of hydrogen-bond acceptors (Lipinski definition) is 6. The summed E-state index contributed by atoms with van der Waals surface area (Å²) in [7, 11) is 3.00. The van der Waals surface area contributed by atoms with E-state index in [9.17, 15) is 14.4 Å². The van der Waals surface area contributed by atoms with Gasteiger partial charge in [-0.2, -0.15) is 11.8 Å². The molecule has 0 unspecified atom stereocenters. The molecule has 0 N–H and O–H groups in total. The van der Waals surface area contributed by atoms with Crippen LogP contribution in [0.1, 0.15) is 32.4 Å². The topological polar surface area (TPSA) is 79.4 Å². The Morgan fingerprint density at radius 3 is 2.50 bits per heavy atom. The minimum Gasteiger partial charge on any atom is -0.493 e. The number of ether oxygens (including phenoxy) is 2. The fraction of sp³-hybridized carbons (Fsp3) is 0.348. The first kappa shape index (κ1) is 20.7. The van der Waals surface area contributed by atoms with Crippen LogP contribution in [0.15, 0.2) is 36.4 Å². The van der Waals surface area contributed by atoms with Gasteiger partial charge in [-0.3, -0.25) is 19.3 Å². The lowest BCUT2D eigenvalue weighted by atomic mass is 10.0. The summed E-state index contributed by atoms with van der Waals surface area (Å²) in [4.78, 5) is 45.1. The first-order chi connectivity index (χ1) is 15.6. The zero-order chi connectivity index (χ0) is 22.4. The zero-order valence-electron chi connectivity index (χ0n) is 17.9. The lowest BCUT2D eigenvalue weighted by Crippen LogP contribution is -2.52. The fourth-order valence-electron chi connectivity index (χ4n) is 4.64. The van der Waals surface area contributed by atoms with Crippen molar-refractivity contribution < 1.29 is 23.9 Å². The van der Waals surface area contributed by atoms with E-state index >= 15 is 0 Å². The van der Waals surface area contributed by atoms with E-state index in [4.69, 9.17) is 9.47 Å². The first-order valence-corrected chi connectivity index (χ1v) is 11.6. The third kappa shape index (κ3) is 3.02. The summed E-state index contributed by atoms with van der Waals surface area (Å²) < 4.78 is 10.9. The van der Waals surface area contributed by atoms with Crippen molar-refractivity contribution in [3.8, 4) is 11.5 Å². The Labute approximate surface area is 190 Å². The van der Waals surface area contributed by atoms with Crippen LogP contribution in [0, 0.1) is 0 Å². The molecule has 3 heterocycles. The Kier molecular flexibility index (Phi) is 5.21. The highest BCUT2D eigenvalue weighted by Crippen LogP contribution is 2.49. The maximum Gasteiger partial charge on any atom is 0.264 e. The first-order valence-electron chi connectivity index (χ1n) is 10.4. The second-order valence-corrected chi connectivity index (χ2v) is 8.98. The fourth-order valence-corrected chi connectivity index (χ4v) is 5.55. The largest absolute Gasteiger partial charge is 0.493 e. The van der Waals surface area contributed by atoms with Crippen LogP contribution in [0.2, 0.25) is 0 Å². The Balaban J connectivity index is 1.62. The van der Waals surface area contributed by atoms with E-state index < -0.39 is 6.17 Å². The van der Waals surface area contributed by atoms with Crippen molar-refractivity contribution in [3.63, 3.8) is 0 Å². The second kappa shape index (κ2) is 8.05. The average Bonchev–Trinajstić information content (AvgIpc) is 3.14. The number of amides is 3. The monoisotopic (exact) mass is 453 g/mol. The molecule has 2 aromatic rings. The molecule has 1 saturated heterocycles. The summed E-state index contributed by atoms with van der Waals surface area (Å²) in [5.41, 5.74) is 1.91. The van der Waals surface area contributed by atoms with Crippen LogP contribution in [0.4, 0.5) is 5.69 Å². The van der Waals surface area contributed by atoms with Gasteiger partial charge in [-0.25, -0.2) is 0 Å². The van der Waals surface area contributed by atoms with Crippen molar-refractivity contribution in [1.82, 2.24) is 9.80 Å². The van der Waals surface area contributed by atoms with Crippen molar-refractivity contribution in [2.24, 2.45) is 0 Å². The van der Waals surface area contributed by atoms with Crippen molar-refractivity contribution in [2.45, 2.75) is 6.17 Å². The van der Waals surface area contributed by atoms with Crippen molar-refractivity contribution in [2.75, 3.05) is 50.3 Å². The molecule has 0 aliphatic carbocycles. The number of carbonyl (C=O) groups is 3. The van der Waals surface area contributed by atoms with Gasteiger partial charge >= 0.3 is 0 Å². The Morgan fingerprint density at radius 1 is 1.03 bits per heavy atom. The zero-order valence-corrected chi connectivity index (χ0v) is 18.7. The number of fused-ring (bicyclic) bond motifs is 5. The third-order valence-electron chi connectivity index (χ3n) is 6.15. The number of para-hydroxylation sites is 1. The van der Waals surface area contributed by atoms with Crippen molar-refractivity contribution in [1.29, 1.82) is 0 Å². The van der Waals surface area contributed by atoms with Gasteiger partial charge in [0.25, 0.3) is 11.8 Å². The van der Waals surface area contributed by atoms with E-state index in [1.54, 1.807) is 46.2 Å². The van der Waals surface area contributed by atoms with E-state index in [2.05, 4.69) is 0 Å². The number of carbonyl (C=O) groups excluding carboxylic acids is 3. The molecule has 3 aliphatic heterocycles. The molecule has 9 heteroatoms. The highest BCUT2D eigenvalue weighted by atomic mass is 32.2. The van der Waals surface area contributed by atoms with E-state index in [1.165, 1.54) is 19.1 Å². The highest BCUT2D eigenvalue weighted by molar-refractivity contribution is 7.99. The molecule has 0 bridgehead atoms. The molecule has 2 aromatic carbocycles. The molecule has 0 aromatic heterocycles. The lowest BCUT2D eigenvalue weighted by molar-refractivity contribution is -0.132. The molecular weight excluding hydrogens is 430 g/mol. The molecule has 3 amide bonds. The summed E-state index contributed by atoms with van der Waals surface area (Å²) in [5.74, 6) is 1.87. The summed E-state index contributed by atoms with van der Waals surface area (Å²) in [6, 6.07) is 10.5. The molecule has 3 aliphatic rings. The maximum atomic E-state index is 13.6. The Bertz CT molecular complexity index is 1110. The quantitative estimate of drug-likeness (QED) is 0.707. The molecule has 1 atom stereocenters. The van der Waals surface area contributed by atoms with Crippen LogP contribution in [0.25, 0.3) is 0 Å². The highest BCUT2D eigenvalue weighted by Gasteiger charge is 2.50. The summed E-state index contributed by atoms with van der Waals surface area (Å²) in [6.45, 7) is 1.23. The standard InChI is InChI=1S/C23H23N3O5S/c1-30-17-8-7-15-19(20(17)31-2)23(29)26-16-6-4-3-5-14(16)22(28)25(21(15)26)13-18(27)24-9-11-32-12-10-24/h3-8,21H,9-13H2,1-2H3/t21-/m1/s1. The van der Waals surface area contributed by atoms with Crippen LogP contribution >= 0.6 is 11.8 Å². The molecule has 0 saturated carbocycles. The predicted molar refractivity (Wildman–Crippen MR) is 120 cm³/mol. The van der Waals surface area contributed by atoms with Gasteiger partial charge in [0.05, 0.1) is 31.0 Å². The van der Waals surface area contributed by atoms with Gasteiger partial charge in [0.15, 0.2) is 11.5 Å². The number of hydrogen-bond donors (Lipinski definition) is 0. The van der Waals surface area contributed by atoms with Crippen LogP contribution < -0.4 is 14.4 Å². The van der Waals surface area contributed by atoms with Crippen LogP contribution in [-0.2, 0) is 4.79 Å². The number of rotatable bonds is 4. The van der Waals surface area contributed by atoms with Gasteiger partial charge in [0, 0.05) is 30.2 Å². The van der Waals surface area contributed by atoms with Crippen LogP contribution in [-0.4, -0.2) is 72.9 Å². The molecule has 0 radical (unpaired) electrons. The molecule has 0 spiro atoms. The number of benzene rings is 2. The third-order valence-corrected chi connectivity index (χ3v) is 7.10. The van der Waals surface area contributed by atoms with Crippen molar-refractivity contribution >= 4 is 35.2 Å². The maximum absolute atomic E-state index is 13.6. The molecule has 32 heavy (non-hydrogen) atoms. The number of nitrogens with zero attached hydrogens (tertiary/aromatic N) is 3. The summed E-state index contributed by atoms with van der Waals surface area (Å²) in [6.07, 6.45) is -0.720. The molecule has 1 fully saturated rings. The van der Waals surface area contributed by atoms with Gasteiger partial charge in [0.1, 0.15) is 12.7 Å². The Hall–Kier alpha value is -3.20. The lowest BCUT2D eigenvalue weighted by Gasteiger charge is -2.41. The van der Waals surface area contributed by atoms with Crippen molar-refractivity contribution in [3.05, 3.63) is 53.1 Å². The smallest absolute Gasteiger partial charge is 0.264 e. The number of anilines is 1. The molecule has 8 nitrogen and oxygen atoms in total. The van der Waals surface area contributed by atoms with Gasteiger partial charge in [-0.1, -0.05) is 18.2 Å². The second-order valence-electron chi connectivity index (χ2n) is 7.76. The van der Waals surface area contributed by atoms with Gasteiger partial charge in [0.2, 0.25) is 5.91 Å². The van der Waals surface area contributed by atoms with Gasteiger partial charge in [-0.15, -0.1) is 0 Å². The van der Waals surface area contributed by atoms with E-state index in [1.807, 2.05) is 11.8 Å². The van der Waals surface area contributed by atoms with Gasteiger partial charge < -0.3 is 19.3 Å². The van der Waals surface area contributed by atoms with Crippen LogP contribution in [0.5, 0.6) is 11.5 Å². The average molecular weight is 454 g/mol. The summed E-state index contributed by atoms with van der Waals surface area (Å²) >= 11 is 1.81. The molecule has 166 valence electrons. The van der Waals surface area contributed by atoms with E-state index in [0.29, 0.717) is 47.0 Å². The normalized spacial score (nSPS) is 19.4. The minimum absolute atomic E-state index is 0.0972. The van der Waals surface area contributed by atoms with Crippen LogP contribution in [0.3, 0.4) is 0 Å². The van der Waals surface area contributed by atoms with Gasteiger partial charge in [-0.05, 0) is 18.2 Å².